The van der Waals surface area contributed by atoms with Gasteiger partial charge in [0.25, 0.3) is 0 Å². The van der Waals surface area contributed by atoms with Gasteiger partial charge >= 0.3 is 0 Å². The van der Waals surface area contributed by atoms with E-state index in [2.05, 4.69) is 75.4 Å². The van der Waals surface area contributed by atoms with Crippen LogP contribution in [0.5, 0.6) is 0 Å². The minimum Gasteiger partial charge on any atom is -0.353 e. The van der Waals surface area contributed by atoms with Gasteiger partial charge in [0, 0.05) is 6.54 Å². The standard InChI is InChI=1S/C18H16N4/c1-2-4-15-11-17-9-13(5-6-16(17)10-14(15)3-1)12-21-22-18-19-7-8-20-18/h1-6,9-12H,7-8H2,(H2,19,20,22)/b21-12+. The maximum Gasteiger partial charge on any atom is 0.212 e. The lowest BCUT2D eigenvalue weighted by Crippen LogP contribution is -2.30. The van der Waals surface area contributed by atoms with Gasteiger partial charge in [-0.05, 0) is 45.3 Å². The fourth-order valence-electron chi connectivity index (χ4n) is 2.68. The third-order valence-electron chi connectivity index (χ3n) is 3.79. The molecule has 4 heteroatoms. The van der Waals surface area contributed by atoms with Crippen LogP contribution in [0, 0.1) is 0 Å². The highest BCUT2D eigenvalue weighted by molar-refractivity contribution is 6.00. The first-order chi connectivity index (χ1) is 10.9. The smallest absolute Gasteiger partial charge is 0.212 e. The molecule has 0 spiro atoms. The Morgan fingerprint density at radius 2 is 1.73 bits per heavy atom. The predicted octanol–water partition coefficient (Wildman–Crippen LogP) is 2.88. The molecule has 1 heterocycles. The average Bonchev–Trinajstić information content (AvgIpc) is 3.06. The van der Waals surface area contributed by atoms with Crippen molar-refractivity contribution in [1.82, 2.24) is 10.7 Å². The van der Waals surface area contributed by atoms with Gasteiger partial charge in [-0.3, -0.25) is 0 Å². The van der Waals surface area contributed by atoms with E-state index in [0.717, 1.165) is 24.6 Å². The van der Waals surface area contributed by atoms with Gasteiger partial charge in [-0.15, -0.1) is 0 Å². The molecule has 4 nitrogen and oxygen atoms in total. The van der Waals surface area contributed by atoms with Gasteiger partial charge in [-0.2, -0.15) is 5.10 Å². The number of guanidine groups is 1. The fraction of sp³-hybridized carbons (Fsp3) is 0.111. The zero-order valence-corrected chi connectivity index (χ0v) is 12.1. The molecule has 0 saturated carbocycles. The molecule has 0 atom stereocenters. The molecular weight excluding hydrogens is 272 g/mol. The van der Waals surface area contributed by atoms with Crippen LogP contribution in [0.25, 0.3) is 21.5 Å². The Morgan fingerprint density at radius 1 is 0.955 bits per heavy atom. The summed E-state index contributed by atoms with van der Waals surface area (Å²) < 4.78 is 0. The van der Waals surface area contributed by atoms with E-state index in [1.165, 1.54) is 21.5 Å². The van der Waals surface area contributed by atoms with Crippen LogP contribution in [-0.4, -0.2) is 25.3 Å². The third-order valence-corrected chi connectivity index (χ3v) is 3.79. The van der Waals surface area contributed by atoms with Gasteiger partial charge in [0.15, 0.2) is 0 Å². The van der Waals surface area contributed by atoms with Crippen LogP contribution in [0.15, 0.2) is 64.7 Å². The van der Waals surface area contributed by atoms with Gasteiger partial charge in [-0.25, -0.2) is 10.4 Å². The van der Waals surface area contributed by atoms with E-state index in [9.17, 15) is 0 Å². The molecule has 1 aliphatic heterocycles. The normalized spacial score (nSPS) is 14.5. The number of hydrogen-bond donors (Lipinski definition) is 2. The van der Waals surface area contributed by atoms with Crippen molar-refractivity contribution in [2.75, 3.05) is 13.1 Å². The van der Waals surface area contributed by atoms with E-state index in [4.69, 9.17) is 0 Å². The van der Waals surface area contributed by atoms with Crippen LogP contribution in [0.3, 0.4) is 0 Å². The number of hydrazone groups is 1. The molecule has 22 heavy (non-hydrogen) atoms. The molecule has 0 aromatic heterocycles. The van der Waals surface area contributed by atoms with Crippen molar-refractivity contribution in [2.45, 2.75) is 0 Å². The molecule has 0 unspecified atom stereocenters. The summed E-state index contributed by atoms with van der Waals surface area (Å²) in [4.78, 5) is 4.23. The molecule has 0 saturated heterocycles. The second-order valence-electron chi connectivity index (χ2n) is 5.33. The summed E-state index contributed by atoms with van der Waals surface area (Å²) in [6.45, 7) is 1.68. The van der Waals surface area contributed by atoms with Crippen LogP contribution in [0.2, 0.25) is 0 Å². The lowest BCUT2D eigenvalue weighted by Gasteiger charge is -2.04. The Labute approximate surface area is 128 Å². The number of aliphatic imine (C=N–C) groups is 1. The minimum atomic E-state index is 0.739. The van der Waals surface area contributed by atoms with Gasteiger partial charge < -0.3 is 5.32 Å². The predicted molar refractivity (Wildman–Crippen MR) is 92.5 cm³/mol. The molecule has 0 bridgehead atoms. The summed E-state index contributed by atoms with van der Waals surface area (Å²) in [6, 6.07) is 19.2. The number of hydrogen-bond acceptors (Lipinski definition) is 4. The molecule has 2 N–H and O–H groups in total. The van der Waals surface area contributed by atoms with Gasteiger partial charge in [0.1, 0.15) is 0 Å². The summed E-state index contributed by atoms with van der Waals surface area (Å²) >= 11 is 0. The second kappa shape index (κ2) is 5.48. The summed E-state index contributed by atoms with van der Waals surface area (Å²) in [6.07, 6.45) is 1.82. The molecule has 3 aromatic carbocycles. The number of fused-ring (bicyclic) bond motifs is 2. The van der Waals surface area contributed by atoms with Crippen molar-refractivity contribution >= 4 is 33.7 Å². The Morgan fingerprint density at radius 3 is 2.50 bits per heavy atom. The fourth-order valence-corrected chi connectivity index (χ4v) is 2.68. The van der Waals surface area contributed by atoms with Crippen molar-refractivity contribution in [1.29, 1.82) is 0 Å². The van der Waals surface area contributed by atoms with Crippen LogP contribution in [0.1, 0.15) is 5.56 Å². The zero-order chi connectivity index (χ0) is 14.8. The zero-order valence-electron chi connectivity index (χ0n) is 12.1. The summed E-state index contributed by atoms with van der Waals surface area (Å²) in [5.74, 6) is 0.739. The molecule has 3 aromatic rings. The van der Waals surface area contributed by atoms with Crippen molar-refractivity contribution in [2.24, 2.45) is 10.1 Å². The Bertz CT molecular complexity index is 896. The molecule has 0 radical (unpaired) electrons. The van der Waals surface area contributed by atoms with Crippen molar-refractivity contribution in [3.05, 3.63) is 60.2 Å². The largest absolute Gasteiger partial charge is 0.353 e. The van der Waals surface area contributed by atoms with E-state index >= 15 is 0 Å². The van der Waals surface area contributed by atoms with E-state index in [0.29, 0.717) is 0 Å². The summed E-state index contributed by atoms with van der Waals surface area (Å²) in [7, 11) is 0. The maximum absolute atomic E-state index is 4.23. The van der Waals surface area contributed by atoms with Crippen molar-refractivity contribution in [3.63, 3.8) is 0 Å². The molecule has 4 rings (SSSR count). The van der Waals surface area contributed by atoms with Crippen LogP contribution >= 0.6 is 0 Å². The summed E-state index contributed by atoms with van der Waals surface area (Å²) in [5.41, 5.74) is 3.98. The third kappa shape index (κ3) is 2.51. The number of nitrogens with zero attached hydrogens (tertiary/aromatic N) is 2. The van der Waals surface area contributed by atoms with Gasteiger partial charge in [0.05, 0.1) is 12.8 Å². The number of nitrogens with one attached hydrogen (secondary N) is 2. The molecule has 1 aliphatic rings. The van der Waals surface area contributed by atoms with E-state index in [1.54, 1.807) is 0 Å². The Balaban J connectivity index is 1.64. The first kappa shape index (κ1) is 12.8. The monoisotopic (exact) mass is 288 g/mol. The first-order valence-electron chi connectivity index (χ1n) is 7.38. The molecule has 0 fully saturated rings. The lowest BCUT2D eigenvalue weighted by atomic mass is 10.0. The highest BCUT2D eigenvalue weighted by Gasteiger charge is 2.02. The molecule has 0 aliphatic carbocycles. The highest BCUT2D eigenvalue weighted by atomic mass is 15.4. The first-order valence-corrected chi connectivity index (χ1v) is 7.38. The minimum absolute atomic E-state index is 0.739. The highest BCUT2D eigenvalue weighted by Crippen LogP contribution is 2.23. The molecular formula is C18H16N4. The van der Waals surface area contributed by atoms with Crippen LogP contribution in [0.4, 0.5) is 0 Å². The van der Waals surface area contributed by atoms with Gasteiger partial charge in [0.2, 0.25) is 5.96 Å². The lowest BCUT2D eigenvalue weighted by molar-refractivity contribution is 0.920. The SMILES string of the molecule is C(=N\NC1=NCCN1)/c1ccc2cc3ccccc3cc2c1. The maximum atomic E-state index is 4.23. The van der Waals surface area contributed by atoms with Crippen LogP contribution < -0.4 is 10.7 Å². The Hall–Kier alpha value is -2.88. The molecule has 108 valence electrons. The van der Waals surface area contributed by atoms with Crippen molar-refractivity contribution < 1.29 is 0 Å². The van der Waals surface area contributed by atoms with E-state index < -0.39 is 0 Å². The summed E-state index contributed by atoms with van der Waals surface area (Å²) in [5, 5.41) is 12.3. The topological polar surface area (TPSA) is 48.8 Å². The molecule has 0 amide bonds. The van der Waals surface area contributed by atoms with Crippen molar-refractivity contribution in [3.8, 4) is 0 Å². The second-order valence-corrected chi connectivity index (χ2v) is 5.33. The van der Waals surface area contributed by atoms with Crippen LogP contribution in [-0.2, 0) is 0 Å². The average molecular weight is 288 g/mol. The van der Waals surface area contributed by atoms with E-state index in [-0.39, 0.29) is 0 Å². The quantitative estimate of drug-likeness (QED) is 0.433. The van der Waals surface area contributed by atoms with E-state index in [1.807, 2.05) is 6.21 Å². The van der Waals surface area contributed by atoms with Gasteiger partial charge in [-0.1, -0.05) is 36.4 Å². The number of benzene rings is 3. The number of rotatable bonds is 2. The Kier molecular flexibility index (Phi) is 3.20.